The molecule has 0 radical (unpaired) electrons. The summed E-state index contributed by atoms with van der Waals surface area (Å²) in [5.41, 5.74) is 7.07. The quantitative estimate of drug-likeness (QED) is 0.752. The molecule has 0 saturated heterocycles. The Morgan fingerprint density at radius 3 is 2.62 bits per heavy atom. The summed E-state index contributed by atoms with van der Waals surface area (Å²) in [6, 6.07) is 9.73. The van der Waals surface area contributed by atoms with E-state index in [0.717, 1.165) is 17.8 Å². The van der Waals surface area contributed by atoms with Crippen LogP contribution in [0.4, 0.5) is 5.69 Å². The van der Waals surface area contributed by atoms with Crippen molar-refractivity contribution >= 4 is 5.69 Å². The Morgan fingerprint density at radius 1 is 1.25 bits per heavy atom. The molecule has 1 aliphatic rings. The highest BCUT2D eigenvalue weighted by molar-refractivity contribution is 5.35. The van der Waals surface area contributed by atoms with Crippen LogP contribution < -0.4 is 5.73 Å². The standard InChI is InChI=1S/C13H15N3/c1-13(9-7-11(14)8-10-13)16-15-12-5-3-2-4-6-12/h2-9H,10,14H2,1H3. The fourth-order valence-electron chi connectivity index (χ4n) is 1.48. The highest BCUT2D eigenvalue weighted by atomic mass is 15.1. The van der Waals surface area contributed by atoms with E-state index in [2.05, 4.69) is 10.2 Å². The minimum atomic E-state index is -0.265. The highest BCUT2D eigenvalue weighted by Gasteiger charge is 2.21. The fraction of sp³-hybridized carbons (Fsp3) is 0.231. The second-order valence-corrected chi connectivity index (χ2v) is 4.13. The molecule has 2 N–H and O–H groups in total. The molecule has 0 amide bonds. The van der Waals surface area contributed by atoms with Crippen LogP contribution in [0.25, 0.3) is 0 Å². The number of hydrogen-bond donors (Lipinski definition) is 1. The van der Waals surface area contributed by atoms with Gasteiger partial charge in [0.2, 0.25) is 0 Å². The zero-order valence-corrected chi connectivity index (χ0v) is 9.30. The van der Waals surface area contributed by atoms with Gasteiger partial charge in [-0.1, -0.05) is 30.4 Å². The summed E-state index contributed by atoms with van der Waals surface area (Å²) in [6.45, 7) is 2.04. The smallest absolute Gasteiger partial charge is 0.101 e. The van der Waals surface area contributed by atoms with Gasteiger partial charge in [0.25, 0.3) is 0 Å². The van der Waals surface area contributed by atoms with E-state index >= 15 is 0 Å². The van der Waals surface area contributed by atoms with E-state index in [0.29, 0.717) is 0 Å². The summed E-state index contributed by atoms with van der Waals surface area (Å²) in [6.07, 6.45) is 6.65. The molecule has 0 spiro atoms. The monoisotopic (exact) mass is 213 g/mol. The molecule has 3 nitrogen and oxygen atoms in total. The summed E-state index contributed by atoms with van der Waals surface area (Å²) < 4.78 is 0. The van der Waals surface area contributed by atoms with Crippen LogP contribution in [0, 0.1) is 0 Å². The van der Waals surface area contributed by atoms with Crippen molar-refractivity contribution in [2.24, 2.45) is 16.0 Å². The molecular formula is C13H15N3. The molecule has 0 saturated carbocycles. The lowest BCUT2D eigenvalue weighted by atomic mass is 9.94. The van der Waals surface area contributed by atoms with Gasteiger partial charge in [0.05, 0.1) is 5.69 Å². The summed E-state index contributed by atoms with van der Waals surface area (Å²) in [5.74, 6) is 0. The first-order chi connectivity index (χ1) is 7.68. The zero-order chi connectivity index (χ0) is 11.4. The third-order valence-electron chi connectivity index (χ3n) is 2.54. The lowest BCUT2D eigenvalue weighted by Gasteiger charge is -2.20. The van der Waals surface area contributed by atoms with Crippen molar-refractivity contribution in [1.29, 1.82) is 0 Å². The van der Waals surface area contributed by atoms with Crippen molar-refractivity contribution in [1.82, 2.24) is 0 Å². The first kappa shape index (κ1) is 10.6. The molecular weight excluding hydrogens is 198 g/mol. The Bertz CT molecular complexity index is 446. The van der Waals surface area contributed by atoms with Gasteiger partial charge in [-0.2, -0.15) is 10.2 Å². The van der Waals surface area contributed by atoms with Crippen LogP contribution in [-0.2, 0) is 0 Å². The van der Waals surface area contributed by atoms with Gasteiger partial charge in [0.1, 0.15) is 5.54 Å². The SMILES string of the molecule is CC1(N=Nc2ccccc2)C=CC(N)=CC1. The fourth-order valence-corrected chi connectivity index (χ4v) is 1.48. The molecule has 1 atom stereocenters. The van der Waals surface area contributed by atoms with Gasteiger partial charge in [0.15, 0.2) is 0 Å². The van der Waals surface area contributed by atoms with Crippen molar-refractivity contribution in [2.45, 2.75) is 18.9 Å². The van der Waals surface area contributed by atoms with E-state index in [1.165, 1.54) is 0 Å². The van der Waals surface area contributed by atoms with Crippen molar-refractivity contribution in [2.75, 3.05) is 0 Å². The second kappa shape index (κ2) is 4.31. The van der Waals surface area contributed by atoms with Gasteiger partial charge in [-0.25, -0.2) is 0 Å². The molecule has 0 fully saturated rings. The van der Waals surface area contributed by atoms with Crippen LogP contribution in [0.5, 0.6) is 0 Å². The third kappa shape index (κ3) is 2.57. The second-order valence-electron chi connectivity index (χ2n) is 4.13. The Morgan fingerprint density at radius 2 is 2.00 bits per heavy atom. The van der Waals surface area contributed by atoms with E-state index < -0.39 is 0 Å². The Balaban J connectivity index is 2.11. The molecule has 1 aromatic rings. The van der Waals surface area contributed by atoms with Gasteiger partial charge >= 0.3 is 0 Å². The maximum atomic E-state index is 5.67. The maximum absolute atomic E-state index is 5.67. The molecule has 0 bridgehead atoms. The van der Waals surface area contributed by atoms with Gasteiger partial charge < -0.3 is 5.73 Å². The number of azo groups is 1. The largest absolute Gasteiger partial charge is 0.399 e. The maximum Gasteiger partial charge on any atom is 0.101 e. The van der Waals surface area contributed by atoms with Crippen LogP contribution >= 0.6 is 0 Å². The van der Waals surface area contributed by atoms with Crippen molar-refractivity contribution in [3.63, 3.8) is 0 Å². The lowest BCUT2D eigenvalue weighted by Crippen LogP contribution is -2.20. The summed E-state index contributed by atoms with van der Waals surface area (Å²) in [4.78, 5) is 0. The number of hydrogen-bond acceptors (Lipinski definition) is 3. The molecule has 0 aliphatic heterocycles. The minimum Gasteiger partial charge on any atom is -0.399 e. The normalized spacial score (nSPS) is 24.7. The van der Waals surface area contributed by atoms with E-state index in [-0.39, 0.29) is 5.54 Å². The average Bonchev–Trinajstić information content (AvgIpc) is 2.33. The third-order valence-corrected chi connectivity index (χ3v) is 2.54. The number of rotatable bonds is 2. The van der Waals surface area contributed by atoms with E-state index in [1.54, 1.807) is 0 Å². The van der Waals surface area contributed by atoms with Gasteiger partial charge in [-0.05, 0) is 31.6 Å². The van der Waals surface area contributed by atoms with E-state index in [1.807, 2.05) is 55.5 Å². The van der Waals surface area contributed by atoms with E-state index in [4.69, 9.17) is 5.73 Å². The number of nitrogens with zero attached hydrogens (tertiary/aromatic N) is 2. The zero-order valence-electron chi connectivity index (χ0n) is 9.30. The summed E-state index contributed by atoms with van der Waals surface area (Å²) in [5, 5.41) is 8.59. The predicted molar refractivity (Wildman–Crippen MR) is 65.4 cm³/mol. The van der Waals surface area contributed by atoms with Crippen LogP contribution in [0.3, 0.4) is 0 Å². The molecule has 1 unspecified atom stereocenters. The van der Waals surface area contributed by atoms with Crippen LogP contribution in [0.1, 0.15) is 13.3 Å². The topological polar surface area (TPSA) is 50.7 Å². The molecule has 2 rings (SSSR count). The molecule has 1 aromatic carbocycles. The molecule has 1 aliphatic carbocycles. The van der Waals surface area contributed by atoms with Crippen LogP contribution in [0.2, 0.25) is 0 Å². The number of allylic oxidation sites excluding steroid dienone is 1. The van der Waals surface area contributed by atoms with Crippen molar-refractivity contribution < 1.29 is 0 Å². The van der Waals surface area contributed by atoms with E-state index in [9.17, 15) is 0 Å². The van der Waals surface area contributed by atoms with Gasteiger partial charge in [0, 0.05) is 5.70 Å². The average molecular weight is 213 g/mol. The van der Waals surface area contributed by atoms with Crippen molar-refractivity contribution in [3.8, 4) is 0 Å². The summed E-state index contributed by atoms with van der Waals surface area (Å²) in [7, 11) is 0. The Hall–Kier alpha value is -1.90. The summed E-state index contributed by atoms with van der Waals surface area (Å²) >= 11 is 0. The number of benzene rings is 1. The molecule has 82 valence electrons. The predicted octanol–water partition coefficient (Wildman–Crippen LogP) is 3.33. The minimum absolute atomic E-state index is 0.265. The molecule has 0 aromatic heterocycles. The van der Waals surface area contributed by atoms with Crippen LogP contribution in [0.15, 0.2) is 64.5 Å². The van der Waals surface area contributed by atoms with Crippen LogP contribution in [-0.4, -0.2) is 5.54 Å². The van der Waals surface area contributed by atoms with Gasteiger partial charge in [-0.15, -0.1) is 0 Å². The van der Waals surface area contributed by atoms with Crippen molar-refractivity contribution in [3.05, 3.63) is 54.3 Å². The lowest BCUT2D eigenvalue weighted by molar-refractivity contribution is 0.559. The highest BCUT2D eigenvalue weighted by Crippen LogP contribution is 2.25. The molecule has 0 heterocycles. The first-order valence-electron chi connectivity index (χ1n) is 5.31. The molecule has 16 heavy (non-hydrogen) atoms. The number of nitrogens with two attached hydrogens (primary N) is 1. The van der Waals surface area contributed by atoms with Gasteiger partial charge in [-0.3, -0.25) is 0 Å². The Kier molecular flexibility index (Phi) is 2.86. The first-order valence-corrected chi connectivity index (χ1v) is 5.31. The Labute approximate surface area is 95.4 Å². The molecule has 3 heteroatoms.